The van der Waals surface area contributed by atoms with Gasteiger partial charge in [-0.15, -0.1) is 0 Å². The zero-order chi connectivity index (χ0) is 24.2. The molecule has 2 amide bonds. The number of para-hydroxylation sites is 1. The van der Waals surface area contributed by atoms with Gasteiger partial charge >= 0.3 is 0 Å². The Morgan fingerprint density at radius 2 is 1.38 bits per heavy atom. The molecule has 0 saturated carbocycles. The van der Waals surface area contributed by atoms with Crippen LogP contribution in [-0.2, 0) is 0 Å². The van der Waals surface area contributed by atoms with E-state index in [9.17, 15) is 14.7 Å². The first kappa shape index (κ1) is 22.8. The van der Waals surface area contributed by atoms with Crippen LogP contribution in [0.15, 0.2) is 91.0 Å². The van der Waals surface area contributed by atoms with Gasteiger partial charge in [-0.1, -0.05) is 60.7 Å². The summed E-state index contributed by atoms with van der Waals surface area (Å²) in [6, 6.07) is 27.3. The molecule has 5 nitrogen and oxygen atoms in total. The van der Waals surface area contributed by atoms with E-state index in [1.54, 1.807) is 49.5 Å². The highest BCUT2D eigenvalue weighted by molar-refractivity contribution is 6.15. The van der Waals surface area contributed by atoms with Crippen molar-refractivity contribution < 1.29 is 14.7 Å². The molecule has 0 saturated heterocycles. The standard InChI is InChI=1S/C29H26N2O3/c1-19-16-17-26(27(32)18-19)31(3)29(34)24-14-8-9-15-25(24)30-28(33)23-13-7-6-12-22(23)21-11-5-4-10-20(21)2/h4-18,32H,1-3H3,(H,30,33). The lowest BCUT2D eigenvalue weighted by molar-refractivity contribution is 0.0993. The second-order valence-corrected chi connectivity index (χ2v) is 8.22. The Balaban J connectivity index is 1.66. The highest BCUT2D eigenvalue weighted by Crippen LogP contribution is 2.31. The number of nitrogens with zero attached hydrogens (tertiary/aromatic N) is 1. The molecule has 4 rings (SSSR count). The Morgan fingerprint density at radius 3 is 2.09 bits per heavy atom. The van der Waals surface area contributed by atoms with Crippen molar-refractivity contribution in [3.63, 3.8) is 0 Å². The van der Waals surface area contributed by atoms with Crippen LogP contribution in [0.1, 0.15) is 31.8 Å². The molecule has 0 spiro atoms. The molecule has 4 aromatic rings. The Bertz CT molecular complexity index is 1380. The first-order valence-electron chi connectivity index (χ1n) is 11.0. The minimum Gasteiger partial charge on any atom is -0.506 e. The van der Waals surface area contributed by atoms with Gasteiger partial charge in [-0.2, -0.15) is 0 Å². The van der Waals surface area contributed by atoms with Crippen LogP contribution in [0.4, 0.5) is 11.4 Å². The number of amides is 2. The van der Waals surface area contributed by atoms with Gasteiger partial charge in [0, 0.05) is 12.6 Å². The van der Waals surface area contributed by atoms with Crippen LogP contribution in [0.5, 0.6) is 5.75 Å². The number of phenols is 1. The second kappa shape index (κ2) is 9.63. The van der Waals surface area contributed by atoms with E-state index in [0.717, 1.165) is 22.3 Å². The molecule has 0 unspecified atom stereocenters. The lowest BCUT2D eigenvalue weighted by Crippen LogP contribution is -2.28. The zero-order valence-electron chi connectivity index (χ0n) is 19.4. The SMILES string of the molecule is Cc1ccc(N(C)C(=O)c2ccccc2NC(=O)c2ccccc2-c2ccccc2C)c(O)c1. The molecular weight excluding hydrogens is 424 g/mol. The molecular formula is C29H26N2O3. The van der Waals surface area contributed by atoms with Crippen molar-refractivity contribution in [2.45, 2.75) is 13.8 Å². The number of anilines is 2. The van der Waals surface area contributed by atoms with Gasteiger partial charge in [-0.3, -0.25) is 9.59 Å². The van der Waals surface area contributed by atoms with Crippen LogP contribution in [-0.4, -0.2) is 24.0 Å². The maximum atomic E-state index is 13.3. The first-order chi connectivity index (χ1) is 16.4. The summed E-state index contributed by atoms with van der Waals surface area (Å²) in [5.41, 5.74) is 5.39. The fourth-order valence-electron chi connectivity index (χ4n) is 3.97. The van der Waals surface area contributed by atoms with Gasteiger partial charge in [0.1, 0.15) is 5.75 Å². The lowest BCUT2D eigenvalue weighted by Gasteiger charge is -2.21. The summed E-state index contributed by atoms with van der Waals surface area (Å²) in [6.07, 6.45) is 0. The molecule has 0 bridgehead atoms. The Labute approximate surface area is 199 Å². The number of hydrogen-bond donors (Lipinski definition) is 2. The minimum absolute atomic E-state index is 0.0181. The molecule has 0 aromatic heterocycles. The van der Waals surface area contributed by atoms with Crippen LogP contribution < -0.4 is 10.2 Å². The number of aryl methyl sites for hydroxylation is 2. The van der Waals surface area contributed by atoms with Gasteiger partial charge in [-0.05, 0) is 66.4 Å². The third-order valence-electron chi connectivity index (χ3n) is 5.81. The number of phenolic OH excluding ortho intramolecular Hbond substituents is 1. The third kappa shape index (κ3) is 4.55. The molecule has 0 radical (unpaired) electrons. The number of hydrogen-bond acceptors (Lipinski definition) is 3. The van der Waals surface area contributed by atoms with E-state index in [1.165, 1.54) is 4.90 Å². The van der Waals surface area contributed by atoms with Crippen molar-refractivity contribution in [1.82, 2.24) is 0 Å². The van der Waals surface area contributed by atoms with Crippen LogP contribution in [0, 0.1) is 13.8 Å². The van der Waals surface area contributed by atoms with Gasteiger partial charge in [0.05, 0.1) is 16.9 Å². The van der Waals surface area contributed by atoms with Crippen molar-refractivity contribution in [3.05, 3.63) is 113 Å². The van der Waals surface area contributed by atoms with Gasteiger partial charge in [0.2, 0.25) is 0 Å². The Hall–Kier alpha value is -4.38. The molecule has 0 fully saturated rings. The molecule has 2 N–H and O–H groups in total. The molecule has 0 aliphatic carbocycles. The maximum Gasteiger partial charge on any atom is 0.260 e. The second-order valence-electron chi connectivity index (χ2n) is 8.22. The highest BCUT2D eigenvalue weighted by Gasteiger charge is 2.21. The number of rotatable bonds is 5. The smallest absolute Gasteiger partial charge is 0.260 e. The van der Waals surface area contributed by atoms with Gasteiger partial charge in [-0.25, -0.2) is 0 Å². The molecule has 4 aromatic carbocycles. The van der Waals surface area contributed by atoms with E-state index in [-0.39, 0.29) is 17.6 Å². The van der Waals surface area contributed by atoms with E-state index in [1.807, 2.05) is 62.4 Å². The number of carbonyl (C=O) groups excluding carboxylic acids is 2. The van der Waals surface area contributed by atoms with Crippen molar-refractivity contribution in [2.75, 3.05) is 17.3 Å². The topological polar surface area (TPSA) is 69.6 Å². The van der Waals surface area contributed by atoms with E-state index >= 15 is 0 Å². The molecule has 0 aliphatic rings. The summed E-state index contributed by atoms with van der Waals surface area (Å²) < 4.78 is 0. The number of benzene rings is 4. The van der Waals surface area contributed by atoms with Gasteiger partial charge < -0.3 is 15.3 Å². The molecule has 0 atom stereocenters. The van der Waals surface area contributed by atoms with Crippen molar-refractivity contribution in [2.24, 2.45) is 0 Å². The average Bonchev–Trinajstić information content (AvgIpc) is 2.84. The molecule has 5 heteroatoms. The summed E-state index contributed by atoms with van der Waals surface area (Å²) in [5, 5.41) is 13.2. The van der Waals surface area contributed by atoms with Crippen molar-refractivity contribution in [3.8, 4) is 16.9 Å². The number of nitrogens with one attached hydrogen (secondary N) is 1. The van der Waals surface area contributed by atoms with Crippen LogP contribution in [0.2, 0.25) is 0 Å². The quantitative estimate of drug-likeness (QED) is 0.380. The lowest BCUT2D eigenvalue weighted by atomic mass is 9.95. The zero-order valence-corrected chi connectivity index (χ0v) is 19.4. The third-order valence-corrected chi connectivity index (χ3v) is 5.81. The Morgan fingerprint density at radius 1 is 0.765 bits per heavy atom. The minimum atomic E-state index is -0.345. The van der Waals surface area contributed by atoms with E-state index in [2.05, 4.69) is 5.32 Å². The molecule has 0 heterocycles. The predicted molar refractivity (Wildman–Crippen MR) is 137 cm³/mol. The largest absolute Gasteiger partial charge is 0.506 e. The van der Waals surface area contributed by atoms with Gasteiger partial charge in [0.15, 0.2) is 0 Å². The van der Waals surface area contributed by atoms with E-state index < -0.39 is 0 Å². The van der Waals surface area contributed by atoms with Crippen LogP contribution in [0.25, 0.3) is 11.1 Å². The van der Waals surface area contributed by atoms with Crippen LogP contribution >= 0.6 is 0 Å². The molecule has 34 heavy (non-hydrogen) atoms. The maximum absolute atomic E-state index is 13.3. The number of aromatic hydroxyl groups is 1. The van der Waals surface area contributed by atoms with Crippen molar-refractivity contribution >= 4 is 23.2 Å². The first-order valence-corrected chi connectivity index (χ1v) is 11.0. The fraction of sp³-hybridized carbons (Fsp3) is 0.103. The Kier molecular flexibility index (Phi) is 6.46. The van der Waals surface area contributed by atoms with E-state index in [0.29, 0.717) is 22.5 Å². The van der Waals surface area contributed by atoms with Crippen molar-refractivity contribution in [1.29, 1.82) is 0 Å². The van der Waals surface area contributed by atoms with E-state index in [4.69, 9.17) is 0 Å². The monoisotopic (exact) mass is 450 g/mol. The molecule has 170 valence electrons. The summed E-state index contributed by atoms with van der Waals surface area (Å²) >= 11 is 0. The summed E-state index contributed by atoms with van der Waals surface area (Å²) in [5.74, 6) is -0.633. The summed E-state index contributed by atoms with van der Waals surface area (Å²) in [6.45, 7) is 3.87. The fourth-order valence-corrected chi connectivity index (χ4v) is 3.97. The number of carbonyl (C=O) groups is 2. The van der Waals surface area contributed by atoms with Crippen LogP contribution in [0.3, 0.4) is 0 Å². The summed E-state index contributed by atoms with van der Waals surface area (Å²) in [7, 11) is 1.60. The highest BCUT2D eigenvalue weighted by atomic mass is 16.3. The summed E-state index contributed by atoms with van der Waals surface area (Å²) in [4.78, 5) is 28.0. The predicted octanol–water partition coefficient (Wildman–Crippen LogP) is 6.20. The van der Waals surface area contributed by atoms with Gasteiger partial charge in [0.25, 0.3) is 11.8 Å². The normalized spacial score (nSPS) is 10.6. The average molecular weight is 451 g/mol. The molecule has 0 aliphatic heterocycles.